The van der Waals surface area contributed by atoms with Gasteiger partial charge in [-0.1, -0.05) is 12.1 Å². The Labute approximate surface area is 96.7 Å². The number of hydrogen-bond donors (Lipinski definition) is 0. The van der Waals surface area contributed by atoms with E-state index in [1.54, 1.807) is 6.92 Å². The Morgan fingerprint density at radius 3 is 2.71 bits per heavy atom. The van der Waals surface area contributed by atoms with Crippen LogP contribution in [0.25, 0.3) is 0 Å². The minimum atomic E-state index is -4.44. The van der Waals surface area contributed by atoms with Gasteiger partial charge in [-0.2, -0.15) is 13.2 Å². The lowest BCUT2D eigenvalue weighted by Crippen LogP contribution is -2.06. The standard InChI is InChI=1S/C12H11F3O2/c1-2-17-7-6-11(16)9-4-3-5-10(8-9)12(13,14)15/h3-8H,2H2,1H3. The average Bonchev–Trinajstić information content (AvgIpc) is 2.28. The zero-order valence-corrected chi connectivity index (χ0v) is 9.12. The number of rotatable bonds is 4. The summed E-state index contributed by atoms with van der Waals surface area (Å²) < 4.78 is 42.0. The van der Waals surface area contributed by atoms with Crippen molar-refractivity contribution in [2.45, 2.75) is 13.1 Å². The van der Waals surface area contributed by atoms with Crippen LogP contribution in [0.2, 0.25) is 0 Å². The lowest BCUT2D eigenvalue weighted by atomic mass is 10.1. The molecule has 0 aromatic heterocycles. The fraction of sp³-hybridized carbons (Fsp3) is 0.250. The number of carbonyl (C=O) groups is 1. The number of ether oxygens (including phenoxy) is 1. The third-order valence-corrected chi connectivity index (χ3v) is 1.96. The molecule has 1 aromatic rings. The molecule has 0 heterocycles. The largest absolute Gasteiger partial charge is 0.501 e. The molecule has 0 unspecified atom stereocenters. The quantitative estimate of drug-likeness (QED) is 0.460. The lowest BCUT2D eigenvalue weighted by molar-refractivity contribution is -0.137. The van der Waals surface area contributed by atoms with Gasteiger partial charge in [0.05, 0.1) is 18.4 Å². The van der Waals surface area contributed by atoms with Crippen LogP contribution in [-0.4, -0.2) is 12.4 Å². The predicted octanol–water partition coefficient (Wildman–Crippen LogP) is 3.44. The van der Waals surface area contributed by atoms with Crippen molar-refractivity contribution in [3.63, 3.8) is 0 Å². The van der Waals surface area contributed by atoms with Crippen LogP contribution >= 0.6 is 0 Å². The van der Waals surface area contributed by atoms with Gasteiger partial charge in [0.15, 0.2) is 5.78 Å². The summed E-state index contributed by atoms with van der Waals surface area (Å²) in [5, 5.41) is 0. The number of halogens is 3. The zero-order chi connectivity index (χ0) is 12.9. The van der Waals surface area contributed by atoms with Gasteiger partial charge in [0.2, 0.25) is 0 Å². The fourth-order valence-corrected chi connectivity index (χ4v) is 1.15. The van der Waals surface area contributed by atoms with Crippen LogP contribution in [-0.2, 0) is 10.9 Å². The maximum absolute atomic E-state index is 12.4. The number of alkyl halides is 3. The molecule has 0 atom stereocenters. The van der Waals surface area contributed by atoms with Crippen molar-refractivity contribution in [3.05, 3.63) is 47.7 Å². The Hall–Kier alpha value is -1.78. The van der Waals surface area contributed by atoms with E-state index in [1.165, 1.54) is 18.4 Å². The van der Waals surface area contributed by atoms with Gasteiger partial charge in [-0.3, -0.25) is 4.79 Å². The van der Waals surface area contributed by atoms with Crippen LogP contribution in [0, 0.1) is 0 Å². The van der Waals surface area contributed by atoms with Crippen LogP contribution in [0.3, 0.4) is 0 Å². The average molecular weight is 244 g/mol. The van der Waals surface area contributed by atoms with Gasteiger partial charge in [0.25, 0.3) is 0 Å². The molecule has 0 bridgehead atoms. The van der Waals surface area contributed by atoms with Crippen LogP contribution < -0.4 is 0 Å². The number of allylic oxidation sites excluding steroid dienone is 1. The van der Waals surface area contributed by atoms with E-state index in [1.807, 2.05) is 0 Å². The molecule has 1 rings (SSSR count). The van der Waals surface area contributed by atoms with Gasteiger partial charge < -0.3 is 4.74 Å². The van der Waals surface area contributed by atoms with Crippen LogP contribution in [0.4, 0.5) is 13.2 Å². The molecule has 0 N–H and O–H groups in total. The molecular formula is C12H11F3O2. The number of carbonyl (C=O) groups excluding carboxylic acids is 1. The first-order valence-electron chi connectivity index (χ1n) is 4.95. The summed E-state index contributed by atoms with van der Waals surface area (Å²) in [6, 6.07) is 4.26. The van der Waals surface area contributed by atoms with Gasteiger partial charge in [0, 0.05) is 11.6 Å². The van der Waals surface area contributed by atoms with E-state index in [4.69, 9.17) is 4.74 Å². The first-order valence-corrected chi connectivity index (χ1v) is 4.95. The van der Waals surface area contributed by atoms with Crippen molar-refractivity contribution in [2.75, 3.05) is 6.61 Å². The maximum atomic E-state index is 12.4. The van der Waals surface area contributed by atoms with Crippen molar-refractivity contribution < 1.29 is 22.7 Å². The monoisotopic (exact) mass is 244 g/mol. The highest BCUT2D eigenvalue weighted by Gasteiger charge is 2.30. The van der Waals surface area contributed by atoms with Gasteiger partial charge in [-0.25, -0.2) is 0 Å². The number of ketones is 1. The van der Waals surface area contributed by atoms with Crippen LogP contribution in [0.15, 0.2) is 36.6 Å². The molecule has 0 fully saturated rings. The van der Waals surface area contributed by atoms with Crippen molar-refractivity contribution in [1.29, 1.82) is 0 Å². The van der Waals surface area contributed by atoms with Crippen molar-refractivity contribution in [3.8, 4) is 0 Å². The molecule has 92 valence electrons. The highest BCUT2D eigenvalue weighted by atomic mass is 19.4. The van der Waals surface area contributed by atoms with Gasteiger partial charge in [-0.05, 0) is 19.1 Å². The molecule has 0 amide bonds. The molecule has 0 radical (unpaired) electrons. The molecule has 17 heavy (non-hydrogen) atoms. The Morgan fingerprint density at radius 1 is 1.41 bits per heavy atom. The Balaban J connectivity index is 2.89. The molecule has 2 nitrogen and oxygen atoms in total. The van der Waals surface area contributed by atoms with Crippen LogP contribution in [0.5, 0.6) is 0 Å². The summed E-state index contributed by atoms with van der Waals surface area (Å²) in [6.07, 6.45) is -2.18. The third-order valence-electron chi connectivity index (χ3n) is 1.96. The summed E-state index contributed by atoms with van der Waals surface area (Å²) >= 11 is 0. The second-order valence-electron chi connectivity index (χ2n) is 3.20. The summed E-state index contributed by atoms with van der Waals surface area (Å²) in [7, 11) is 0. The molecule has 0 aliphatic carbocycles. The Morgan fingerprint density at radius 2 is 2.12 bits per heavy atom. The van der Waals surface area contributed by atoms with E-state index in [0.717, 1.165) is 18.2 Å². The van der Waals surface area contributed by atoms with E-state index in [2.05, 4.69) is 0 Å². The summed E-state index contributed by atoms with van der Waals surface area (Å²) in [4.78, 5) is 11.5. The molecule has 0 aliphatic rings. The number of hydrogen-bond acceptors (Lipinski definition) is 2. The van der Waals surface area contributed by atoms with E-state index in [9.17, 15) is 18.0 Å². The smallest absolute Gasteiger partial charge is 0.416 e. The minimum Gasteiger partial charge on any atom is -0.501 e. The summed E-state index contributed by atoms with van der Waals surface area (Å²) in [6.45, 7) is 2.13. The maximum Gasteiger partial charge on any atom is 0.416 e. The van der Waals surface area contributed by atoms with Crippen LogP contribution in [0.1, 0.15) is 22.8 Å². The minimum absolute atomic E-state index is 0.0178. The number of benzene rings is 1. The molecule has 0 saturated heterocycles. The van der Waals surface area contributed by atoms with Gasteiger partial charge >= 0.3 is 6.18 Å². The topological polar surface area (TPSA) is 26.3 Å². The lowest BCUT2D eigenvalue weighted by Gasteiger charge is -2.06. The molecule has 0 spiro atoms. The molecular weight excluding hydrogens is 233 g/mol. The second kappa shape index (κ2) is 5.52. The molecule has 0 saturated carbocycles. The van der Waals surface area contributed by atoms with Gasteiger partial charge in [-0.15, -0.1) is 0 Å². The molecule has 5 heteroatoms. The summed E-state index contributed by atoms with van der Waals surface area (Å²) in [5.41, 5.74) is -0.857. The SMILES string of the molecule is CCOC=CC(=O)c1cccc(C(F)(F)F)c1. The van der Waals surface area contributed by atoms with E-state index >= 15 is 0 Å². The molecule has 1 aromatic carbocycles. The van der Waals surface area contributed by atoms with E-state index < -0.39 is 17.5 Å². The van der Waals surface area contributed by atoms with E-state index in [0.29, 0.717) is 6.61 Å². The summed E-state index contributed by atoms with van der Waals surface area (Å²) in [5.74, 6) is -0.524. The highest BCUT2D eigenvalue weighted by molar-refractivity contribution is 6.04. The molecule has 0 aliphatic heterocycles. The fourth-order valence-electron chi connectivity index (χ4n) is 1.15. The predicted molar refractivity (Wildman–Crippen MR) is 56.5 cm³/mol. The van der Waals surface area contributed by atoms with Crippen molar-refractivity contribution in [1.82, 2.24) is 0 Å². The van der Waals surface area contributed by atoms with E-state index in [-0.39, 0.29) is 5.56 Å². The normalized spacial score (nSPS) is 11.8. The van der Waals surface area contributed by atoms with Crippen molar-refractivity contribution in [2.24, 2.45) is 0 Å². The van der Waals surface area contributed by atoms with Gasteiger partial charge in [0.1, 0.15) is 0 Å². The Bertz CT molecular complexity index is 422. The Kier molecular flexibility index (Phi) is 4.31. The highest BCUT2D eigenvalue weighted by Crippen LogP contribution is 2.29. The second-order valence-corrected chi connectivity index (χ2v) is 3.20. The first-order chi connectivity index (χ1) is 7.95. The third kappa shape index (κ3) is 3.94. The zero-order valence-electron chi connectivity index (χ0n) is 9.12. The van der Waals surface area contributed by atoms with Crippen molar-refractivity contribution >= 4 is 5.78 Å². The first kappa shape index (κ1) is 13.3.